The molecule has 1 amide bonds. The maximum Gasteiger partial charge on any atom is 0.239 e. The van der Waals surface area contributed by atoms with Gasteiger partial charge in [0, 0.05) is 39.3 Å². The summed E-state index contributed by atoms with van der Waals surface area (Å²) in [6, 6.07) is -0.153. The molecule has 2 fully saturated rings. The van der Waals surface area contributed by atoms with Crippen LogP contribution < -0.4 is 0 Å². The molecule has 128 valence electrons. The van der Waals surface area contributed by atoms with Crippen molar-refractivity contribution in [3.05, 3.63) is 0 Å². The molecular weight excluding hydrogens is 302 g/mol. The molecule has 1 unspecified atom stereocenters. The molecule has 0 aromatic carbocycles. The fourth-order valence-electron chi connectivity index (χ4n) is 3.20. The minimum absolute atomic E-state index is 0.146. The highest BCUT2D eigenvalue weighted by Crippen LogP contribution is 2.18. The molecular formula is C15H29N3O3S. The average Bonchev–Trinajstić information content (AvgIpc) is 2.54. The molecule has 22 heavy (non-hydrogen) atoms. The zero-order valence-electron chi connectivity index (χ0n) is 14.0. The van der Waals surface area contributed by atoms with Gasteiger partial charge in [-0.1, -0.05) is 6.92 Å². The monoisotopic (exact) mass is 331 g/mol. The summed E-state index contributed by atoms with van der Waals surface area (Å²) in [5, 5.41) is 0. The Morgan fingerprint density at radius 2 is 1.64 bits per heavy atom. The summed E-state index contributed by atoms with van der Waals surface area (Å²) < 4.78 is 25.3. The van der Waals surface area contributed by atoms with Crippen molar-refractivity contribution in [1.29, 1.82) is 0 Å². The van der Waals surface area contributed by atoms with Gasteiger partial charge in [0.25, 0.3) is 0 Å². The molecule has 0 saturated carbocycles. The molecule has 0 aliphatic carbocycles. The third-order valence-electron chi connectivity index (χ3n) is 5.03. The van der Waals surface area contributed by atoms with Crippen LogP contribution in [0.15, 0.2) is 0 Å². The van der Waals surface area contributed by atoms with Crippen molar-refractivity contribution in [3.63, 3.8) is 0 Å². The first-order valence-electron chi connectivity index (χ1n) is 8.35. The normalized spacial score (nSPS) is 24.4. The van der Waals surface area contributed by atoms with Crippen molar-refractivity contribution in [1.82, 2.24) is 14.1 Å². The Bertz CT molecular complexity index is 478. The highest BCUT2D eigenvalue weighted by Gasteiger charge is 2.32. The quantitative estimate of drug-likeness (QED) is 0.757. The smallest absolute Gasteiger partial charge is 0.239 e. The number of rotatable bonds is 4. The second-order valence-electron chi connectivity index (χ2n) is 6.52. The molecule has 2 heterocycles. The Balaban J connectivity index is 1.87. The average molecular weight is 331 g/mol. The maximum absolute atomic E-state index is 12.6. The number of likely N-dealkylation sites (tertiary alicyclic amines) is 1. The van der Waals surface area contributed by atoms with Gasteiger partial charge in [0.2, 0.25) is 15.9 Å². The van der Waals surface area contributed by atoms with Crippen molar-refractivity contribution in [2.24, 2.45) is 5.92 Å². The first-order valence-corrected chi connectivity index (χ1v) is 9.96. The fourth-order valence-corrected chi connectivity index (χ4v) is 4.29. The molecule has 0 bridgehead atoms. The van der Waals surface area contributed by atoms with Crippen molar-refractivity contribution in [3.8, 4) is 0 Å². The minimum atomic E-state index is -3.11. The van der Waals surface area contributed by atoms with E-state index in [1.54, 1.807) is 11.2 Å². The molecule has 6 nitrogen and oxygen atoms in total. The molecule has 0 aromatic heterocycles. The van der Waals surface area contributed by atoms with E-state index < -0.39 is 10.0 Å². The van der Waals surface area contributed by atoms with E-state index in [0.29, 0.717) is 32.1 Å². The Labute approximate surface area is 134 Å². The SMILES string of the molecule is CCS(=O)(=O)N1CCN(C(C)C(=O)N2CCC(C)CC2)CC1. The van der Waals surface area contributed by atoms with Crippen molar-refractivity contribution >= 4 is 15.9 Å². The molecule has 0 N–H and O–H groups in total. The van der Waals surface area contributed by atoms with Crippen LogP contribution in [0.2, 0.25) is 0 Å². The third kappa shape index (κ3) is 4.00. The van der Waals surface area contributed by atoms with Crippen LogP contribution in [0.1, 0.15) is 33.6 Å². The lowest BCUT2D eigenvalue weighted by Gasteiger charge is -2.39. The van der Waals surface area contributed by atoms with Crippen LogP contribution in [0.4, 0.5) is 0 Å². The van der Waals surface area contributed by atoms with Gasteiger partial charge in [-0.05, 0) is 32.6 Å². The molecule has 0 radical (unpaired) electrons. The Hall–Kier alpha value is -0.660. The molecule has 2 aliphatic rings. The van der Waals surface area contributed by atoms with Gasteiger partial charge in [0.05, 0.1) is 11.8 Å². The highest BCUT2D eigenvalue weighted by atomic mass is 32.2. The summed E-state index contributed by atoms with van der Waals surface area (Å²) in [4.78, 5) is 16.7. The molecule has 0 spiro atoms. The predicted molar refractivity (Wildman–Crippen MR) is 87.0 cm³/mol. The topological polar surface area (TPSA) is 60.9 Å². The molecule has 0 aromatic rings. The maximum atomic E-state index is 12.6. The minimum Gasteiger partial charge on any atom is -0.341 e. The number of piperazine rings is 1. The highest BCUT2D eigenvalue weighted by molar-refractivity contribution is 7.89. The van der Waals surface area contributed by atoms with E-state index in [9.17, 15) is 13.2 Å². The fraction of sp³-hybridized carbons (Fsp3) is 0.933. The zero-order valence-corrected chi connectivity index (χ0v) is 14.8. The van der Waals surface area contributed by atoms with Gasteiger partial charge in [-0.3, -0.25) is 9.69 Å². The summed E-state index contributed by atoms with van der Waals surface area (Å²) in [5.41, 5.74) is 0. The van der Waals surface area contributed by atoms with E-state index in [0.717, 1.165) is 25.9 Å². The first-order chi connectivity index (χ1) is 10.3. The Kier molecular flexibility index (Phi) is 5.85. The van der Waals surface area contributed by atoms with Gasteiger partial charge in [0.15, 0.2) is 0 Å². The van der Waals surface area contributed by atoms with Crippen molar-refractivity contribution in [2.45, 2.75) is 39.7 Å². The van der Waals surface area contributed by atoms with Crippen LogP contribution in [0.25, 0.3) is 0 Å². The zero-order chi connectivity index (χ0) is 16.3. The van der Waals surface area contributed by atoms with Crippen molar-refractivity contribution < 1.29 is 13.2 Å². The molecule has 2 saturated heterocycles. The number of carbonyl (C=O) groups excluding carboxylic acids is 1. The van der Waals surface area contributed by atoms with Gasteiger partial charge < -0.3 is 4.90 Å². The number of amides is 1. The second-order valence-corrected chi connectivity index (χ2v) is 8.78. The van der Waals surface area contributed by atoms with Gasteiger partial charge in [-0.25, -0.2) is 8.42 Å². The van der Waals surface area contributed by atoms with Crippen LogP contribution >= 0.6 is 0 Å². The van der Waals surface area contributed by atoms with Gasteiger partial charge in [0.1, 0.15) is 0 Å². The lowest BCUT2D eigenvalue weighted by atomic mass is 9.98. The molecule has 7 heteroatoms. The lowest BCUT2D eigenvalue weighted by molar-refractivity contribution is -0.138. The Morgan fingerprint density at radius 1 is 1.09 bits per heavy atom. The van der Waals surface area contributed by atoms with Crippen LogP contribution in [0, 0.1) is 5.92 Å². The lowest BCUT2D eigenvalue weighted by Crippen LogP contribution is -2.56. The number of piperidine rings is 1. The van der Waals surface area contributed by atoms with E-state index in [-0.39, 0.29) is 17.7 Å². The summed E-state index contributed by atoms with van der Waals surface area (Å²) in [7, 11) is -3.11. The number of nitrogens with zero attached hydrogens (tertiary/aromatic N) is 3. The van der Waals surface area contributed by atoms with E-state index in [2.05, 4.69) is 11.8 Å². The Morgan fingerprint density at radius 3 is 2.14 bits per heavy atom. The van der Waals surface area contributed by atoms with E-state index >= 15 is 0 Å². The van der Waals surface area contributed by atoms with Crippen LogP contribution in [0.5, 0.6) is 0 Å². The van der Waals surface area contributed by atoms with Crippen molar-refractivity contribution in [2.75, 3.05) is 45.0 Å². The second kappa shape index (κ2) is 7.27. The summed E-state index contributed by atoms with van der Waals surface area (Å²) >= 11 is 0. The standard InChI is InChI=1S/C15H29N3O3S/c1-4-22(20,21)18-11-9-16(10-12-18)14(3)15(19)17-7-5-13(2)6-8-17/h13-14H,4-12H2,1-3H3. The number of hydrogen-bond donors (Lipinski definition) is 0. The third-order valence-corrected chi connectivity index (χ3v) is 6.91. The predicted octanol–water partition coefficient (Wildman–Crippen LogP) is 0.601. The molecule has 2 aliphatic heterocycles. The number of hydrogen-bond acceptors (Lipinski definition) is 4. The van der Waals surface area contributed by atoms with E-state index in [1.807, 2.05) is 11.8 Å². The van der Waals surface area contributed by atoms with Crippen LogP contribution in [0.3, 0.4) is 0 Å². The van der Waals surface area contributed by atoms with Gasteiger partial charge >= 0.3 is 0 Å². The number of sulfonamides is 1. The summed E-state index contributed by atoms with van der Waals surface area (Å²) in [5.74, 6) is 1.05. The van der Waals surface area contributed by atoms with E-state index in [1.165, 1.54) is 0 Å². The first kappa shape index (κ1) is 17.7. The largest absolute Gasteiger partial charge is 0.341 e. The molecule has 1 atom stereocenters. The number of carbonyl (C=O) groups is 1. The summed E-state index contributed by atoms with van der Waals surface area (Å²) in [6.45, 7) is 9.82. The summed E-state index contributed by atoms with van der Waals surface area (Å²) in [6.07, 6.45) is 2.17. The van der Waals surface area contributed by atoms with Gasteiger partial charge in [-0.2, -0.15) is 4.31 Å². The van der Waals surface area contributed by atoms with Crippen LogP contribution in [-0.4, -0.2) is 79.5 Å². The van der Waals surface area contributed by atoms with Gasteiger partial charge in [-0.15, -0.1) is 0 Å². The van der Waals surface area contributed by atoms with E-state index in [4.69, 9.17) is 0 Å². The van der Waals surface area contributed by atoms with Crippen LogP contribution in [-0.2, 0) is 14.8 Å². The molecule has 2 rings (SSSR count).